The SMILES string of the molecule is FC(F)(F)COCc1noc(C(Cl)c2ccccc2)n1. The van der Waals surface area contributed by atoms with Gasteiger partial charge in [-0.2, -0.15) is 18.2 Å². The fraction of sp³-hybridized carbons (Fsp3) is 0.333. The minimum absolute atomic E-state index is 0.0193. The first-order valence-corrected chi connectivity index (χ1v) is 6.05. The molecule has 1 aromatic carbocycles. The monoisotopic (exact) mass is 306 g/mol. The summed E-state index contributed by atoms with van der Waals surface area (Å²) in [5.74, 6) is 0.134. The summed E-state index contributed by atoms with van der Waals surface area (Å²) in [6.45, 7) is -1.75. The van der Waals surface area contributed by atoms with Gasteiger partial charge in [-0.1, -0.05) is 35.5 Å². The number of nitrogens with zero attached hydrogens (tertiary/aromatic N) is 2. The third kappa shape index (κ3) is 4.21. The van der Waals surface area contributed by atoms with Gasteiger partial charge in [-0.3, -0.25) is 0 Å². The molecular formula is C12H10ClF3N2O2. The van der Waals surface area contributed by atoms with E-state index < -0.39 is 18.2 Å². The maximum absolute atomic E-state index is 11.9. The van der Waals surface area contributed by atoms with E-state index in [9.17, 15) is 13.2 Å². The predicted octanol–water partition coefficient (Wildman–Crippen LogP) is 3.48. The molecule has 2 aromatic rings. The molecule has 8 heteroatoms. The van der Waals surface area contributed by atoms with Crippen molar-refractivity contribution in [1.29, 1.82) is 0 Å². The van der Waals surface area contributed by atoms with Gasteiger partial charge in [0.1, 0.15) is 18.6 Å². The van der Waals surface area contributed by atoms with E-state index in [1.165, 1.54) is 0 Å². The van der Waals surface area contributed by atoms with Crippen LogP contribution in [0.25, 0.3) is 0 Å². The van der Waals surface area contributed by atoms with E-state index in [-0.39, 0.29) is 18.3 Å². The Kier molecular flexibility index (Phi) is 4.61. The first-order chi connectivity index (χ1) is 9.46. The molecule has 1 aromatic heterocycles. The van der Waals surface area contributed by atoms with Crippen LogP contribution in [0.15, 0.2) is 34.9 Å². The van der Waals surface area contributed by atoms with Crippen LogP contribution in [0.4, 0.5) is 13.2 Å². The zero-order chi connectivity index (χ0) is 14.6. The predicted molar refractivity (Wildman–Crippen MR) is 64.1 cm³/mol. The summed E-state index contributed by atoms with van der Waals surface area (Å²) in [6, 6.07) is 8.99. The summed E-state index contributed by atoms with van der Waals surface area (Å²) in [5.41, 5.74) is 0.751. The minimum atomic E-state index is -4.38. The van der Waals surface area contributed by atoms with Crippen molar-refractivity contribution in [2.75, 3.05) is 6.61 Å². The molecule has 0 saturated heterocycles. The molecule has 2 rings (SSSR count). The second-order valence-electron chi connectivity index (χ2n) is 3.93. The molecule has 1 atom stereocenters. The molecule has 0 fully saturated rings. The Hall–Kier alpha value is -1.60. The number of hydrogen-bond acceptors (Lipinski definition) is 4. The molecule has 0 saturated carbocycles. The number of aromatic nitrogens is 2. The first kappa shape index (κ1) is 14.8. The van der Waals surface area contributed by atoms with Crippen molar-refractivity contribution in [1.82, 2.24) is 10.1 Å². The fourth-order valence-corrected chi connectivity index (χ4v) is 1.69. The molecule has 0 aliphatic rings. The van der Waals surface area contributed by atoms with Crippen LogP contribution in [0.2, 0.25) is 0 Å². The zero-order valence-corrected chi connectivity index (χ0v) is 10.9. The van der Waals surface area contributed by atoms with Crippen molar-refractivity contribution in [2.24, 2.45) is 0 Å². The molecule has 0 aliphatic carbocycles. The molecule has 0 amide bonds. The Morgan fingerprint density at radius 2 is 1.95 bits per heavy atom. The van der Waals surface area contributed by atoms with Gasteiger partial charge in [-0.05, 0) is 5.56 Å². The fourth-order valence-electron chi connectivity index (χ4n) is 1.45. The van der Waals surface area contributed by atoms with Crippen LogP contribution in [0.3, 0.4) is 0 Å². The van der Waals surface area contributed by atoms with E-state index in [4.69, 9.17) is 16.1 Å². The molecule has 0 spiro atoms. The average molecular weight is 307 g/mol. The molecular weight excluding hydrogens is 297 g/mol. The molecule has 0 N–H and O–H groups in total. The number of ether oxygens (including phenoxy) is 1. The van der Waals surface area contributed by atoms with Crippen molar-refractivity contribution in [3.63, 3.8) is 0 Å². The van der Waals surface area contributed by atoms with E-state index in [1.807, 2.05) is 6.07 Å². The third-order valence-corrected chi connectivity index (χ3v) is 2.73. The average Bonchev–Trinajstić information content (AvgIpc) is 2.86. The van der Waals surface area contributed by atoms with Gasteiger partial charge in [0.25, 0.3) is 0 Å². The van der Waals surface area contributed by atoms with Gasteiger partial charge < -0.3 is 9.26 Å². The minimum Gasteiger partial charge on any atom is -0.364 e. The molecule has 0 bridgehead atoms. The van der Waals surface area contributed by atoms with Crippen LogP contribution in [-0.4, -0.2) is 22.9 Å². The summed E-state index contributed by atoms with van der Waals surface area (Å²) in [4.78, 5) is 3.90. The van der Waals surface area contributed by atoms with E-state index in [2.05, 4.69) is 14.9 Å². The normalized spacial score (nSPS) is 13.4. The van der Waals surface area contributed by atoms with Gasteiger partial charge in [0.15, 0.2) is 5.82 Å². The summed E-state index contributed by atoms with van der Waals surface area (Å²) in [5, 5.41) is 2.87. The van der Waals surface area contributed by atoms with Gasteiger partial charge in [0, 0.05) is 0 Å². The Morgan fingerprint density at radius 1 is 1.25 bits per heavy atom. The van der Waals surface area contributed by atoms with Crippen molar-refractivity contribution >= 4 is 11.6 Å². The van der Waals surface area contributed by atoms with Crippen LogP contribution >= 0.6 is 11.6 Å². The van der Waals surface area contributed by atoms with Crippen LogP contribution in [0.1, 0.15) is 22.7 Å². The number of benzene rings is 1. The highest BCUT2D eigenvalue weighted by atomic mass is 35.5. The van der Waals surface area contributed by atoms with E-state index >= 15 is 0 Å². The Bertz CT molecular complexity index is 545. The highest BCUT2D eigenvalue weighted by Crippen LogP contribution is 2.27. The second-order valence-corrected chi connectivity index (χ2v) is 4.37. The standard InChI is InChI=1S/C12H10ClF3N2O2/c13-10(8-4-2-1-3-5-8)11-17-9(18-20-11)6-19-7-12(14,15)16/h1-5,10H,6-7H2. The van der Waals surface area contributed by atoms with E-state index in [0.717, 1.165) is 5.56 Å². The van der Waals surface area contributed by atoms with Crippen LogP contribution in [0, 0.1) is 0 Å². The summed E-state index contributed by atoms with van der Waals surface area (Å²) >= 11 is 6.13. The lowest BCUT2D eigenvalue weighted by Gasteiger charge is -2.05. The van der Waals surface area contributed by atoms with Crippen LogP contribution in [0.5, 0.6) is 0 Å². The van der Waals surface area contributed by atoms with Gasteiger partial charge in [-0.15, -0.1) is 11.6 Å². The largest absolute Gasteiger partial charge is 0.411 e. The Morgan fingerprint density at radius 3 is 2.60 bits per heavy atom. The third-order valence-electron chi connectivity index (χ3n) is 2.29. The van der Waals surface area contributed by atoms with Crippen molar-refractivity contribution in [3.05, 3.63) is 47.6 Å². The lowest BCUT2D eigenvalue weighted by Crippen LogP contribution is -2.17. The topological polar surface area (TPSA) is 48.2 Å². The Balaban J connectivity index is 1.95. The van der Waals surface area contributed by atoms with Crippen molar-refractivity contribution in [3.8, 4) is 0 Å². The number of rotatable bonds is 5. The second kappa shape index (κ2) is 6.23. The van der Waals surface area contributed by atoms with E-state index in [0.29, 0.717) is 0 Å². The molecule has 20 heavy (non-hydrogen) atoms. The van der Waals surface area contributed by atoms with Crippen molar-refractivity contribution in [2.45, 2.75) is 18.2 Å². The zero-order valence-electron chi connectivity index (χ0n) is 10.1. The van der Waals surface area contributed by atoms with Gasteiger partial charge in [0.2, 0.25) is 5.89 Å². The highest BCUT2D eigenvalue weighted by Gasteiger charge is 2.28. The summed E-state index contributed by atoms with van der Waals surface area (Å²) in [6.07, 6.45) is -4.38. The summed E-state index contributed by atoms with van der Waals surface area (Å²) < 4.78 is 45.0. The molecule has 1 heterocycles. The van der Waals surface area contributed by atoms with Gasteiger partial charge >= 0.3 is 6.18 Å². The molecule has 0 radical (unpaired) electrons. The maximum Gasteiger partial charge on any atom is 0.411 e. The smallest absolute Gasteiger partial charge is 0.364 e. The molecule has 4 nitrogen and oxygen atoms in total. The first-order valence-electron chi connectivity index (χ1n) is 5.62. The van der Waals surface area contributed by atoms with E-state index in [1.54, 1.807) is 24.3 Å². The van der Waals surface area contributed by atoms with Gasteiger partial charge in [0.05, 0.1) is 0 Å². The lowest BCUT2D eigenvalue weighted by molar-refractivity contribution is -0.177. The summed E-state index contributed by atoms with van der Waals surface area (Å²) in [7, 11) is 0. The van der Waals surface area contributed by atoms with Gasteiger partial charge in [-0.25, -0.2) is 0 Å². The quantitative estimate of drug-likeness (QED) is 0.794. The van der Waals surface area contributed by atoms with Crippen LogP contribution < -0.4 is 0 Å². The molecule has 1 unspecified atom stereocenters. The number of alkyl halides is 4. The molecule has 0 aliphatic heterocycles. The maximum atomic E-state index is 11.9. The lowest BCUT2D eigenvalue weighted by atomic mass is 10.1. The highest BCUT2D eigenvalue weighted by molar-refractivity contribution is 6.22. The number of halogens is 4. The number of hydrogen-bond donors (Lipinski definition) is 0. The van der Waals surface area contributed by atoms with Crippen molar-refractivity contribution < 1.29 is 22.4 Å². The van der Waals surface area contributed by atoms with Crippen LogP contribution in [-0.2, 0) is 11.3 Å². The molecule has 108 valence electrons. The Labute approximate surface area is 117 Å².